The molecule has 1 saturated carbocycles. The summed E-state index contributed by atoms with van der Waals surface area (Å²) in [5.74, 6) is -0.556. The predicted molar refractivity (Wildman–Crippen MR) is 136 cm³/mol. The van der Waals surface area contributed by atoms with E-state index in [2.05, 4.69) is 12.1 Å². The number of hydrogen-bond donors (Lipinski definition) is 0. The number of para-hydroxylation sites is 1. The monoisotopic (exact) mass is 471 g/mol. The number of nitrogens with zero attached hydrogens (tertiary/aromatic N) is 1. The van der Waals surface area contributed by atoms with Gasteiger partial charge in [0.05, 0.1) is 7.11 Å². The maximum absolute atomic E-state index is 13.7. The molecular formula is C30H33NO4. The van der Waals surface area contributed by atoms with Crippen molar-refractivity contribution in [3.63, 3.8) is 0 Å². The van der Waals surface area contributed by atoms with E-state index in [0.29, 0.717) is 29.9 Å². The summed E-state index contributed by atoms with van der Waals surface area (Å²) in [6.45, 7) is 1.90. The van der Waals surface area contributed by atoms with Crippen LogP contribution >= 0.6 is 0 Å². The van der Waals surface area contributed by atoms with Crippen LogP contribution in [0.25, 0.3) is 0 Å². The molecule has 0 bridgehead atoms. The molecular weight excluding hydrogens is 438 g/mol. The van der Waals surface area contributed by atoms with Crippen molar-refractivity contribution < 1.29 is 19.1 Å². The summed E-state index contributed by atoms with van der Waals surface area (Å²) in [4.78, 5) is 32.3. The van der Waals surface area contributed by atoms with Crippen LogP contribution in [-0.2, 0) is 14.3 Å². The van der Waals surface area contributed by atoms with Crippen molar-refractivity contribution in [3.8, 4) is 5.75 Å². The lowest BCUT2D eigenvalue weighted by molar-refractivity contribution is -0.153. The number of allylic oxidation sites excluding steroid dienone is 2. The first-order chi connectivity index (χ1) is 17.1. The highest BCUT2D eigenvalue weighted by atomic mass is 16.5. The van der Waals surface area contributed by atoms with Crippen LogP contribution in [0.5, 0.6) is 5.75 Å². The van der Waals surface area contributed by atoms with Crippen molar-refractivity contribution in [2.45, 2.75) is 69.8 Å². The summed E-state index contributed by atoms with van der Waals surface area (Å²) in [6.07, 6.45) is 6.20. The topological polar surface area (TPSA) is 65.0 Å². The fourth-order valence-corrected chi connectivity index (χ4v) is 6.01. The standard InChI is InChI=1S/C30H33NO4/c1-19-27(30(33)35-22-13-7-4-8-14-22)28(23-15-9-10-16-26(23)34-2)29-24(31-19)17-21(18-25(29)32)20-11-5-3-6-12-20/h3,5-6,9-12,15-16,21-22,27-28H,4,7-8,13-14,17-18H2,1-2H3/t21-,27?,28-/m0/s1. The molecule has 2 aliphatic carbocycles. The first kappa shape index (κ1) is 23.5. The van der Waals surface area contributed by atoms with Crippen molar-refractivity contribution >= 4 is 17.5 Å². The third kappa shape index (κ3) is 4.69. The minimum absolute atomic E-state index is 0.0535. The fraction of sp³-hybridized carbons (Fsp3) is 0.433. The summed E-state index contributed by atoms with van der Waals surface area (Å²) in [7, 11) is 1.63. The molecule has 3 atom stereocenters. The Labute approximate surface area is 207 Å². The SMILES string of the molecule is COc1ccccc1[C@@H]1C2=C(C[C@H](c3ccccc3)CC2=O)N=C(C)C1C(=O)OC1CCCCC1. The quantitative estimate of drug-likeness (QED) is 0.491. The number of Topliss-reactive ketones (excluding diaryl/α,β-unsaturated/α-hetero) is 1. The Balaban J connectivity index is 1.55. The van der Waals surface area contributed by atoms with Gasteiger partial charge in [-0.2, -0.15) is 0 Å². The maximum Gasteiger partial charge on any atom is 0.315 e. The lowest BCUT2D eigenvalue weighted by Gasteiger charge is -2.37. The molecule has 5 rings (SSSR count). The number of benzene rings is 2. The largest absolute Gasteiger partial charge is 0.496 e. The van der Waals surface area contributed by atoms with Gasteiger partial charge >= 0.3 is 5.97 Å². The zero-order chi connectivity index (χ0) is 24.4. The fourth-order valence-electron chi connectivity index (χ4n) is 6.01. The molecule has 0 N–H and O–H groups in total. The Morgan fingerprint density at radius 1 is 0.943 bits per heavy atom. The Morgan fingerprint density at radius 2 is 1.66 bits per heavy atom. The van der Waals surface area contributed by atoms with E-state index in [1.807, 2.05) is 49.4 Å². The molecule has 1 heterocycles. The van der Waals surface area contributed by atoms with Gasteiger partial charge in [0, 0.05) is 34.9 Å². The number of ether oxygens (including phenoxy) is 2. The Morgan fingerprint density at radius 3 is 2.40 bits per heavy atom. The number of hydrogen-bond acceptors (Lipinski definition) is 5. The van der Waals surface area contributed by atoms with Gasteiger partial charge in [0.2, 0.25) is 0 Å². The van der Waals surface area contributed by atoms with Crippen molar-refractivity contribution in [2.75, 3.05) is 7.11 Å². The minimum atomic E-state index is -0.635. The van der Waals surface area contributed by atoms with Crippen molar-refractivity contribution in [1.82, 2.24) is 0 Å². The lowest BCUT2D eigenvalue weighted by atomic mass is 9.69. The van der Waals surface area contributed by atoms with E-state index in [1.165, 1.54) is 6.42 Å². The molecule has 3 aliphatic rings. The van der Waals surface area contributed by atoms with Gasteiger partial charge in [0.15, 0.2) is 5.78 Å². The van der Waals surface area contributed by atoms with Gasteiger partial charge in [0.1, 0.15) is 17.8 Å². The molecule has 1 aliphatic heterocycles. The lowest BCUT2D eigenvalue weighted by Crippen LogP contribution is -2.39. The molecule has 1 fully saturated rings. The predicted octanol–water partition coefficient (Wildman–Crippen LogP) is 6.15. The molecule has 35 heavy (non-hydrogen) atoms. The third-order valence-electron chi connectivity index (χ3n) is 7.72. The normalized spacial score (nSPS) is 25.0. The van der Waals surface area contributed by atoms with Crippen LogP contribution in [0.3, 0.4) is 0 Å². The number of methoxy groups -OCH3 is 1. The first-order valence-corrected chi connectivity index (χ1v) is 12.8. The molecule has 5 nitrogen and oxygen atoms in total. The molecule has 2 aromatic carbocycles. The highest BCUT2D eigenvalue weighted by Crippen LogP contribution is 2.48. The van der Waals surface area contributed by atoms with Gasteiger partial charge in [-0.15, -0.1) is 0 Å². The Kier molecular flexibility index (Phi) is 6.85. The number of carbonyl (C=O) groups is 2. The van der Waals surface area contributed by atoms with Crippen molar-refractivity contribution in [3.05, 3.63) is 77.0 Å². The van der Waals surface area contributed by atoms with Gasteiger partial charge in [-0.3, -0.25) is 14.6 Å². The van der Waals surface area contributed by atoms with E-state index >= 15 is 0 Å². The van der Waals surface area contributed by atoms with Gasteiger partial charge in [-0.1, -0.05) is 55.0 Å². The van der Waals surface area contributed by atoms with Crippen LogP contribution in [0.4, 0.5) is 0 Å². The molecule has 0 amide bonds. The number of rotatable bonds is 5. The summed E-state index contributed by atoms with van der Waals surface area (Å²) in [6, 6.07) is 17.8. The van der Waals surface area contributed by atoms with Crippen LogP contribution < -0.4 is 4.74 Å². The smallest absolute Gasteiger partial charge is 0.315 e. The summed E-state index contributed by atoms with van der Waals surface area (Å²) in [5, 5.41) is 0. The van der Waals surface area contributed by atoms with Gasteiger partial charge in [-0.05, 0) is 56.6 Å². The Bertz CT molecular complexity index is 1160. The van der Waals surface area contributed by atoms with E-state index in [1.54, 1.807) is 7.11 Å². The van der Waals surface area contributed by atoms with Crippen LogP contribution in [0.2, 0.25) is 0 Å². The number of carbonyl (C=O) groups excluding carboxylic acids is 2. The Hall–Kier alpha value is -3.21. The van der Waals surface area contributed by atoms with Gasteiger partial charge in [-0.25, -0.2) is 0 Å². The van der Waals surface area contributed by atoms with Crippen LogP contribution in [0, 0.1) is 5.92 Å². The van der Waals surface area contributed by atoms with Crippen LogP contribution in [0.1, 0.15) is 74.8 Å². The first-order valence-electron chi connectivity index (χ1n) is 12.8. The van der Waals surface area contributed by atoms with Crippen LogP contribution in [0.15, 0.2) is 70.9 Å². The maximum atomic E-state index is 13.7. The molecule has 1 unspecified atom stereocenters. The zero-order valence-electron chi connectivity index (χ0n) is 20.5. The highest BCUT2D eigenvalue weighted by molar-refractivity contribution is 6.09. The third-order valence-corrected chi connectivity index (χ3v) is 7.72. The van der Waals surface area contributed by atoms with Crippen LogP contribution in [-0.4, -0.2) is 30.7 Å². The van der Waals surface area contributed by atoms with Crippen molar-refractivity contribution in [2.24, 2.45) is 10.9 Å². The summed E-state index contributed by atoms with van der Waals surface area (Å²) in [5.41, 5.74) is 4.15. The van der Waals surface area contributed by atoms with Gasteiger partial charge < -0.3 is 9.47 Å². The summed E-state index contributed by atoms with van der Waals surface area (Å²) >= 11 is 0. The molecule has 0 saturated heterocycles. The van der Waals surface area contributed by atoms with E-state index in [9.17, 15) is 9.59 Å². The molecule has 182 valence electrons. The highest BCUT2D eigenvalue weighted by Gasteiger charge is 2.46. The zero-order valence-corrected chi connectivity index (χ0v) is 20.5. The molecule has 0 spiro atoms. The second-order valence-corrected chi connectivity index (χ2v) is 9.95. The molecule has 0 aromatic heterocycles. The summed E-state index contributed by atoms with van der Waals surface area (Å²) < 4.78 is 11.7. The number of aliphatic imine (C=N–C) groups is 1. The number of esters is 1. The van der Waals surface area contributed by atoms with Crippen molar-refractivity contribution in [1.29, 1.82) is 0 Å². The molecule has 5 heteroatoms. The molecule has 2 aromatic rings. The van der Waals surface area contributed by atoms with Gasteiger partial charge in [0.25, 0.3) is 0 Å². The van der Waals surface area contributed by atoms with E-state index in [4.69, 9.17) is 14.5 Å². The average Bonchev–Trinajstić information content (AvgIpc) is 2.88. The average molecular weight is 472 g/mol. The van der Waals surface area contributed by atoms with E-state index < -0.39 is 11.8 Å². The minimum Gasteiger partial charge on any atom is -0.496 e. The number of ketones is 1. The second-order valence-electron chi connectivity index (χ2n) is 9.95. The second kappa shape index (κ2) is 10.2. The van der Waals surface area contributed by atoms with E-state index in [-0.39, 0.29) is 23.8 Å². The van der Waals surface area contributed by atoms with E-state index in [0.717, 1.165) is 42.5 Å². The molecule has 0 radical (unpaired) electrons.